The molecule has 1 aromatic carbocycles. The fourth-order valence-corrected chi connectivity index (χ4v) is 1.74. The van der Waals surface area contributed by atoms with E-state index < -0.39 is 11.7 Å². The van der Waals surface area contributed by atoms with Crippen LogP contribution in [0.5, 0.6) is 0 Å². The molecule has 0 nitrogen and oxygen atoms in total. The highest BCUT2D eigenvalue weighted by Crippen LogP contribution is 2.33. The summed E-state index contributed by atoms with van der Waals surface area (Å²) in [6.45, 7) is 9.39. The van der Waals surface area contributed by atoms with Crippen LogP contribution in [0.15, 0.2) is 30.9 Å². The highest BCUT2D eigenvalue weighted by Gasteiger charge is 2.31. The van der Waals surface area contributed by atoms with Gasteiger partial charge in [0.15, 0.2) is 0 Å². The van der Waals surface area contributed by atoms with Crippen LogP contribution in [0.1, 0.15) is 36.0 Å². The van der Waals surface area contributed by atoms with Gasteiger partial charge in [-0.25, -0.2) is 0 Å². The van der Waals surface area contributed by atoms with E-state index in [1.165, 1.54) is 6.07 Å². The summed E-state index contributed by atoms with van der Waals surface area (Å²) in [5, 5.41) is 0. The van der Waals surface area contributed by atoms with Crippen LogP contribution in [0.4, 0.5) is 13.2 Å². The molecular formula is C14H16F3. The van der Waals surface area contributed by atoms with Crippen molar-refractivity contribution >= 4 is 0 Å². The molecule has 0 aliphatic heterocycles. The Balaban J connectivity index is 3.23. The largest absolute Gasteiger partial charge is 0.416 e. The maximum absolute atomic E-state index is 12.6. The molecule has 0 saturated heterocycles. The second-order valence-electron chi connectivity index (χ2n) is 4.00. The van der Waals surface area contributed by atoms with Crippen LogP contribution >= 0.6 is 0 Å². The summed E-state index contributed by atoms with van der Waals surface area (Å²) >= 11 is 0. The first kappa shape index (κ1) is 13.8. The highest BCUT2D eigenvalue weighted by atomic mass is 19.4. The SMILES string of the molecule is [CH2]C(C=C)c1cc(C(F)(F)F)ccc1CCC. The zero-order chi connectivity index (χ0) is 13.1. The molecule has 0 spiro atoms. The molecule has 0 amide bonds. The maximum atomic E-state index is 12.6. The number of aryl methyl sites for hydroxylation is 1. The number of allylic oxidation sites excluding steroid dienone is 1. The number of rotatable bonds is 4. The third-order valence-corrected chi connectivity index (χ3v) is 2.68. The van der Waals surface area contributed by atoms with Crippen LogP contribution in [0.2, 0.25) is 0 Å². The lowest BCUT2D eigenvalue weighted by Crippen LogP contribution is -2.08. The Labute approximate surface area is 100 Å². The van der Waals surface area contributed by atoms with Crippen LogP contribution in [0, 0.1) is 6.92 Å². The summed E-state index contributed by atoms with van der Waals surface area (Å²) in [6, 6.07) is 3.86. The van der Waals surface area contributed by atoms with Gasteiger partial charge in [0.25, 0.3) is 0 Å². The Morgan fingerprint density at radius 3 is 2.47 bits per heavy atom. The van der Waals surface area contributed by atoms with Gasteiger partial charge in [-0.3, -0.25) is 0 Å². The van der Waals surface area contributed by atoms with Gasteiger partial charge in [0, 0.05) is 5.92 Å². The van der Waals surface area contributed by atoms with Crippen molar-refractivity contribution in [3.63, 3.8) is 0 Å². The van der Waals surface area contributed by atoms with E-state index in [-0.39, 0.29) is 5.92 Å². The summed E-state index contributed by atoms with van der Waals surface area (Å²) < 4.78 is 37.8. The molecule has 1 unspecified atom stereocenters. The average molecular weight is 241 g/mol. The molecule has 1 aromatic rings. The van der Waals surface area contributed by atoms with Gasteiger partial charge >= 0.3 is 6.18 Å². The third kappa shape index (κ3) is 3.35. The van der Waals surface area contributed by atoms with Gasteiger partial charge in [-0.05, 0) is 36.6 Å². The number of hydrogen-bond donors (Lipinski definition) is 0. The number of benzene rings is 1. The molecule has 0 heterocycles. The fraction of sp³-hybridized carbons (Fsp3) is 0.357. The molecule has 0 bridgehead atoms. The van der Waals surface area contributed by atoms with E-state index in [0.29, 0.717) is 5.56 Å². The molecule has 0 aliphatic rings. The van der Waals surface area contributed by atoms with E-state index in [9.17, 15) is 13.2 Å². The van der Waals surface area contributed by atoms with Crippen LogP contribution in [0.3, 0.4) is 0 Å². The summed E-state index contributed by atoms with van der Waals surface area (Å²) in [5.74, 6) is -0.307. The van der Waals surface area contributed by atoms with Crippen LogP contribution in [-0.2, 0) is 12.6 Å². The second kappa shape index (κ2) is 5.39. The van der Waals surface area contributed by atoms with Crippen molar-refractivity contribution in [1.29, 1.82) is 0 Å². The predicted molar refractivity (Wildman–Crippen MR) is 63.7 cm³/mol. The Morgan fingerprint density at radius 1 is 1.35 bits per heavy atom. The van der Waals surface area contributed by atoms with Gasteiger partial charge in [-0.15, -0.1) is 6.58 Å². The number of hydrogen-bond acceptors (Lipinski definition) is 0. The molecule has 1 radical (unpaired) electrons. The average Bonchev–Trinajstić information content (AvgIpc) is 2.27. The third-order valence-electron chi connectivity index (χ3n) is 2.68. The second-order valence-corrected chi connectivity index (χ2v) is 4.00. The van der Waals surface area contributed by atoms with Gasteiger partial charge in [0.05, 0.1) is 5.56 Å². The first-order chi connectivity index (χ1) is 7.90. The lowest BCUT2D eigenvalue weighted by Gasteiger charge is -2.16. The lowest BCUT2D eigenvalue weighted by atomic mass is 9.91. The van der Waals surface area contributed by atoms with Gasteiger partial charge in [0.2, 0.25) is 0 Å². The van der Waals surface area contributed by atoms with Crippen molar-refractivity contribution in [2.45, 2.75) is 31.9 Å². The Bertz CT molecular complexity index is 391. The normalized spacial score (nSPS) is 13.5. The lowest BCUT2D eigenvalue weighted by molar-refractivity contribution is -0.137. The standard InChI is InChI=1S/C14H16F3/c1-4-6-11-7-8-12(14(15,16)17)9-13(11)10(3)5-2/h5,7-10H,2-4,6H2,1H3. The van der Waals surface area contributed by atoms with Gasteiger partial charge < -0.3 is 0 Å². The van der Waals surface area contributed by atoms with E-state index in [2.05, 4.69) is 13.5 Å². The molecule has 0 aliphatic carbocycles. The van der Waals surface area contributed by atoms with Crippen LogP contribution < -0.4 is 0 Å². The quantitative estimate of drug-likeness (QED) is 0.666. The van der Waals surface area contributed by atoms with E-state index >= 15 is 0 Å². The molecule has 0 fully saturated rings. The minimum atomic E-state index is -4.31. The summed E-state index contributed by atoms with van der Waals surface area (Å²) in [4.78, 5) is 0. The molecular weight excluding hydrogens is 225 g/mol. The summed E-state index contributed by atoms with van der Waals surface area (Å²) in [7, 11) is 0. The molecule has 0 aromatic heterocycles. The van der Waals surface area contributed by atoms with E-state index in [4.69, 9.17) is 0 Å². The summed E-state index contributed by atoms with van der Waals surface area (Å²) in [5.41, 5.74) is 0.917. The molecule has 0 saturated carbocycles. The zero-order valence-electron chi connectivity index (χ0n) is 9.85. The summed E-state index contributed by atoms with van der Waals surface area (Å²) in [6.07, 6.45) is -1.09. The van der Waals surface area contributed by atoms with Crippen LogP contribution in [0.25, 0.3) is 0 Å². The number of alkyl halides is 3. The fourth-order valence-electron chi connectivity index (χ4n) is 1.74. The van der Waals surface area contributed by atoms with Crippen molar-refractivity contribution in [3.8, 4) is 0 Å². The van der Waals surface area contributed by atoms with Crippen LogP contribution in [-0.4, -0.2) is 0 Å². The van der Waals surface area contributed by atoms with Crippen molar-refractivity contribution in [3.05, 3.63) is 54.5 Å². The van der Waals surface area contributed by atoms with E-state index in [1.54, 1.807) is 12.1 Å². The number of halogens is 3. The minimum absolute atomic E-state index is 0.307. The van der Waals surface area contributed by atoms with Crippen molar-refractivity contribution < 1.29 is 13.2 Å². The Kier molecular flexibility index (Phi) is 4.38. The van der Waals surface area contributed by atoms with Crippen molar-refractivity contribution in [2.75, 3.05) is 0 Å². The molecule has 1 rings (SSSR count). The van der Waals surface area contributed by atoms with Gasteiger partial charge in [-0.2, -0.15) is 13.2 Å². The zero-order valence-corrected chi connectivity index (χ0v) is 9.85. The minimum Gasteiger partial charge on any atom is -0.166 e. The molecule has 3 heteroatoms. The molecule has 93 valence electrons. The smallest absolute Gasteiger partial charge is 0.166 e. The first-order valence-corrected chi connectivity index (χ1v) is 5.55. The Hall–Kier alpha value is -1.25. The molecule has 17 heavy (non-hydrogen) atoms. The van der Waals surface area contributed by atoms with Crippen molar-refractivity contribution in [2.24, 2.45) is 0 Å². The first-order valence-electron chi connectivity index (χ1n) is 5.55. The van der Waals surface area contributed by atoms with E-state index in [0.717, 1.165) is 24.5 Å². The van der Waals surface area contributed by atoms with Crippen molar-refractivity contribution in [1.82, 2.24) is 0 Å². The highest BCUT2D eigenvalue weighted by molar-refractivity contribution is 5.38. The predicted octanol–water partition coefficient (Wildman–Crippen LogP) is 4.76. The topological polar surface area (TPSA) is 0 Å². The maximum Gasteiger partial charge on any atom is 0.416 e. The monoisotopic (exact) mass is 241 g/mol. The Morgan fingerprint density at radius 2 is 2.00 bits per heavy atom. The van der Waals surface area contributed by atoms with Gasteiger partial charge in [0.1, 0.15) is 0 Å². The van der Waals surface area contributed by atoms with E-state index in [1.807, 2.05) is 6.92 Å². The van der Waals surface area contributed by atoms with Gasteiger partial charge in [-0.1, -0.05) is 25.5 Å². The molecule has 1 atom stereocenters. The molecule has 0 N–H and O–H groups in total.